The van der Waals surface area contributed by atoms with Crippen LogP contribution in [0.2, 0.25) is 0 Å². The molecule has 0 spiro atoms. The summed E-state index contributed by atoms with van der Waals surface area (Å²) in [5, 5.41) is 7.12. The van der Waals surface area contributed by atoms with Crippen molar-refractivity contribution in [2.45, 2.75) is 32.9 Å². The minimum Gasteiger partial charge on any atom is -0.399 e. The first-order valence-corrected chi connectivity index (χ1v) is 6.53. The summed E-state index contributed by atoms with van der Waals surface area (Å²) >= 11 is 0. The maximum Gasteiger partial charge on any atom is 0.242 e. The fourth-order valence-corrected chi connectivity index (χ4v) is 1.88. The fourth-order valence-electron chi connectivity index (χ4n) is 1.88. The smallest absolute Gasteiger partial charge is 0.242 e. The molecule has 1 heterocycles. The molecule has 2 rings (SSSR count). The zero-order valence-corrected chi connectivity index (χ0v) is 12.1. The van der Waals surface area contributed by atoms with Crippen molar-refractivity contribution < 1.29 is 4.79 Å². The molecule has 0 aliphatic carbocycles. The van der Waals surface area contributed by atoms with Gasteiger partial charge in [0.15, 0.2) is 0 Å². The second-order valence-electron chi connectivity index (χ2n) is 5.85. The highest BCUT2D eigenvalue weighted by atomic mass is 16.2. The molecule has 0 aliphatic rings. The zero-order chi connectivity index (χ0) is 14.8. The average molecular weight is 272 g/mol. The summed E-state index contributed by atoms with van der Waals surface area (Å²) in [7, 11) is 0. The van der Waals surface area contributed by atoms with Crippen molar-refractivity contribution in [3.8, 4) is 11.1 Å². The van der Waals surface area contributed by atoms with E-state index in [0.29, 0.717) is 0 Å². The van der Waals surface area contributed by atoms with Gasteiger partial charge in [-0.2, -0.15) is 5.10 Å². The number of benzene rings is 1. The number of hydrogen-bond donors (Lipinski definition) is 2. The Morgan fingerprint density at radius 2 is 1.90 bits per heavy atom. The van der Waals surface area contributed by atoms with Crippen molar-refractivity contribution in [3.63, 3.8) is 0 Å². The van der Waals surface area contributed by atoms with Crippen molar-refractivity contribution in [1.29, 1.82) is 0 Å². The SMILES string of the molecule is CC(C)(C)NC(=O)Cn1cc(-c2ccc(N)cc2)cn1. The third kappa shape index (κ3) is 3.85. The predicted octanol–water partition coefficient (Wildman–Crippen LogP) is 2.05. The molecule has 0 saturated heterocycles. The van der Waals surface area contributed by atoms with E-state index in [9.17, 15) is 4.79 Å². The molecule has 20 heavy (non-hydrogen) atoms. The Kier molecular flexibility index (Phi) is 3.79. The first-order chi connectivity index (χ1) is 9.33. The summed E-state index contributed by atoms with van der Waals surface area (Å²) in [5.41, 5.74) is 8.15. The number of nitrogens with zero attached hydrogens (tertiary/aromatic N) is 2. The number of nitrogens with one attached hydrogen (secondary N) is 1. The molecule has 5 nitrogen and oxygen atoms in total. The average Bonchev–Trinajstić information content (AvgIpc) is 2.75. The number of hydrogen-bond acceptors (Lipinski definition) is 3. The fraction of sp³-hybridized carbons (Fsp3) is 0.333. The number of carbonyl (C=O) groups is 1. The number of rotatable bonds is 3. The molecule has 106 valence electrons. The summed E-state index contributed by atoms with van der Waals surface area (Å²) in [5.74, 6) is -0.0514. The van der Waals surface area contributed by atoms with Crippen LogP contribution in [0.3, 0.4) is 0 Å². The van der Waals surface area contributed by atoms with E-state index in [1.165, 1.54) is 0 Å². The van der Waals surface area contributed by atoms with Crippen molar-refractivity contribution in [2.75, 3.05) is 5.73 Å². The Hall–Kier alpha value is -2.30. The molecule has 3 N–H and O–H groups in total. The molecule has 0 fully saturated rings. The van der Waals surface area contributed by atoms with Gasteiger partial charge < -0.3 is 11.1 Å². The number of anilines is 1. The Morgan fingerprint density at radius 1 is 1.25 bits per heavy atom. The van der Waals surface area contributed by atoms with Crippen LogP contribution in [-0.2, 0) is 11.3 Å². The lowest BCUT2D eigenvalue weighted by atomic mass is 10.1. The summed E-state index contributed by atoms with van der Waals surface area (Å²) in [6.07, 6.45) is 3.60. The van der Waals surface area contributed by atoms with Crippen LogP contribution < -0.4 is 11.1 Å². The third-order valence-corrected chi connectivity index (χ3v) is 2.70. The highest BCUT2D eigenvalue weighted by molar-refractivity contribution is 5.76. The third-order valence-electron chi connectivity index (χ3n) is 2.70. The van der Waals surface area contributed by atoms with Crippen LogP contribution in [0.15, 0.2) is 36.7 Å². The number of carbonyl (C=O) groups excluding carboxylic acids is 1. The van der Waals surface area contributed by atoms with Gasteiger partial charge in [-0.1, -0.05) is 12.1 Å². The first kappa shape index (κ1) is 14.1. The molecule has 0 atom stereocenters. The van der Waals surface area contributed by atoms with Gasteiger partial charge in [0.05, 0.1) is 6.20 Å². The maximum absolute atomic E-state index is 11.8. The van der Waals surface area contributed by atoms with E-state index < -0.39 is 0 Å². The Labute approximate surface area is 118 Å². The quantitative estimate of drug-likeness (QED) is 0.840. The van der Waals surface area contributed by atoms with Crippen LogP contribution >= 0.6 is 0 Å². The molecule has 0 aliphatic heterocycles. The second-order valence-corrected chi connectivity index (χ2v) is 5.85. The van der Waals surface area contributed by atoms with Crippen molar-refractivity contribution in [3.05, 3.63) is 36.7 Å². The minimum absolute atomic E-state index is 0.0514. The van der Waals surface area contributed by atoms with Crippen LogP contribution in [0.5, 0.6) is 0 Å². The molecule has 0 unspecified atom stereocenters. The van der Waals surface area contributed by atoms with Crippen LogP contribution in [0, 0.1) is 0 Å². The van der Waals surface area contributed by atoms with Gasteiger partial charge in [-0.15, -0.1) is 0 Å². The van der Waals surface area contributed by atoms with Crippen LogP contribution in [-0.4, -0.2) is 21.2 Å². The van der Waals surface area contributed by atoms with Gasteiger partial charge >= 0.3 is 0 Å². The Morgan fingerprint density at radius 3 is 2.50 bits per heavy atom. The van der Waals surface area contributed by atoms with Crippen molar-refractivity contribution in [1.82, 2.24) is 15.1 Å². The van der Waals surface area contributed by atoms with E-state index in [4.69, 9.17) is 5.73 Å². The van der Waals surface area contributed by atoms with Gasteiger partial charge in [-0.25, -0.2) is 0 Å². The van der Waals surface area contributed by atoms with Gasteiger partial charge in [-0.05, 0) is 38.5 Å². The van der Waals surface area contributed by atoms with Gasteiger partial charge in [0.2, 0.25) is 5.91 Å². The van der Waals surface area contributed by atoms with Gasteiger partial charge in [0.1, 0.15) is 6.54 Å². The number of amides is 1. The molecule has 1 aromatic carbocycles. The first-order valence-electron chi connectivity index (χ1n) is 6.53. The van der Waals surface area contributed by atoms with Gasteiger partial charge in [0.25, 0.3) is 0 Å². The lowest BCUT2D eigenvalue weighted by molar-refractivity contribution is -0.123. The van der Waals surface area contributed by atoms with E-state index in [-0.39, 0.29) is 18.0 Å². The minimum atomic E-state index is -0.232. The standard InChI is InChI=1S/C15H20N4O/c1-15(2,3)18-14(20)10-19-9-12(8-17-19)11-4-6-13(16)7-5-11/h4-9H,10,16H2,1-3H3,(H,18,20). The summed E-state index contributed by atoms with van der Waals surface area (Å²) < 4.78 is 1.63. The lowest BCUT2D eigenvalue weighted by Gasteiger charge is -2.20. The highest BCUT2D eigenvalue weighted by Crippen LogP contribution is 2.19. The van der Waals surface area contributed by atoms with Gasteiger partial charge in [-0.3, -0.25) is 9.48 Å². The predicted molar refractivity (Wildman–Crippen MR) is 80.0 cm³/mol. The molecule has 0 bridgehead atoms. The molecule has 1 aromatic heterocycles. The molecular weight excluding hydrogens is 252 g/mol. The maximum atomic E-state index is 11.8. The van der Waals surface area contributed by atoms with E-state index in [2.05, 4.69) is 10.4 Å². The van der Waals surface area contributed by atoms with Crippen LogP contribution in [0.4, 0.5) is 5.69 Å². The Balaban J connectivity index is 2.06. The molecule has 0 radical (unpaired) electrons. The summed E-state index contributed by atoms with van der Waals surface area (Å²) in [6, 6.07) is 7.57. The molecule has 0 saturated carbocycles. The Bertz CT molecular complexity index is 593. The van der Waals surface area contributed by atoms with Crippen LogP contribution in [0.1, 0.15) is 20.8 Å². The second kappa shape index (κ2) is 5.36. The lowest BCUT2D eigenvalue weighted by Crippen LogP contribution is -2.42. The van der Waals surface area contributed by atoms with E-state index in [1.54, 1.807) is 10.9 Å². The highest BCUT2D eigenvalue weighted by Gasteiger charge is 2.14. The largest absolute Gasteiger partial charge is 0.399 e. The number of aromatic nitrogens is 2. The number of nitrogens with two attached hydrogens (primary N) is 1. The van der Waals surface area contributed by atoms with E-state index in [0.717, 1.165) is 16.8 Å². The monoisotopic (exact) mass is 272 g/mol. The summed E-state index contributed by atoms with van der Waals surface area (Å²) in [6.45, 7) is 6.07. The van der Waals surface area contributed by atoms with Crippen LogP contribution in [0.25, 0.3) is 11.1 Å². The van der Waals surface area contributed by atoms with E-state index >= 15 is 0 Å². The van der Waals surface area contributed by atoms with E-state index in [1.807, 2.05) is 51.2 Å². The van der Waals surface area contributed by atoms with Crippen molar-refractivity contribution in [2.24, 2.45) is 0 Å². The molecule has 1 amide bonds. The molecule has 2 aromatic rings. The topological polar surface area (TPSA) is 72.9 Å². The number of nitrogen functional groups attached to an aromatic ring is 1. The molecule has 5 heteroatoms. The molecular formula is C15H20N4O. The summed E-state index contributed by atoms with van der Waals surface area (Å²) in [4.78, 5) is 11.8. The van der Waals surface area contributed by atoms with Gasteiger partial charge in [0, 0.05) is 23.0 Å². The zero-order valence-electron chi connectivity index (χ0n) is 12.1. The van der Waals surface area contributed by atoms with Crippen molar-refractivity contribution >= 4 is 11.6 Å². The normalized spacial score (nSPS) is 11.3.